The summed E-state index contributed by atoms with van der Waals surface area (Å²) in [5.41, 5.74) is 0.0630. The van der Waals surface area contributed by atoms with Gasteiger partial charge < -0.3 is 4.74 Å². The molecule has 8 heteroatoms. The van der Waals surface area contributed by atoms with E-state index in [-0.39, 0.29) is 17.0 Å². The molecular weight excluding hydrogens is 300 g/mol. The number of hydrogen-bond donors (Lipinski definition) is 0. The zero-order chi connectivity index (χ0) is 14.8. The number of hydrogen-bond acceptors (Lipinski definition) is 6. The Balaban J connectivity index is 2.45. The molecule has 1 aromatic rings. The highest BCUT2D eigenvalue weighted by molar-refractivity contribution is 8.02. The lowest BCUT2D eigenvalue weighted by Gasteiger charge is -2.21. The standard InChI is InChI=1S/C12H12N2O4S2/c1-18-12(15)11-14(6-7-19-11)20(16,17)10-5-3-2-4-9(10)8-13/h2-5,11H,6-7H2,1H3. The normalized spacial score (nSPS) is 19.5. The first-order valence-electron chi connectivity index (χ1n) is 5.72. The van der Waals surface area contributed by atoms with Gasteiger partial charge in [-0.15, -0.1) is 11.8 Å². The first kappa shape index (κ1) is 14.8. The third-order valence-corrected chi connectivity index (χ3v) is 6.08. The predicted molar refractivity (Wildman–Crippen MR) is 73.3 cm³/mol. The molecule has 0 aromatic heterocycles. The maximum atomic E-state index is 12.6. The van der Waals surface area contributed by atoms with E-state index in [1.54, 1.807) is 12.1 Å². The van der Waals surface area contributed by atoms with Crippen LogP contribution in [0.15, 0.2) is 29.2 Å². The van der Waals surface area contributed by atoms with Gasteiger partial charge in [-0.05, 0) is 12.1 Å². The van der Waals surface area contributed by atoms with Crippen LogP contribution < -0.4 is 0 Å². The average Bonchev–Trinajstić information content (AvgIpc) is 2.96. The second kappa shape index (κ2) is 5.83. The molecule has 106 valence electrons. The molecule has 0 radical (unpaired) electrons. The summed E-state index contributed by atoms with van der Waals surface area (Å²) in [6, 6.07) is 7.79. The third-order valence-electron chi connectivity index (χ3n) is 2.85. The largest absolute Gasteiger partial charge is 0.467 e. The van der Waals surface area contributed by atoms with Crippen molar-refractivity contribution in [1.82, 2.24) is 4.31 Å². The summed E-state index contributed by atoms with van der Waals surface area (Å²) in [4.78, 5) is 11.6. The van der Waals surface area contributed by atoms with Crippen LogP contribution in [0.25, 0.3) is 0 Å². The third kappa shape index (κ3) is 2.52. The highest BCUT2D eigenvalue weighted by atomic mass is 32.2. The van der Waals surface area contributed by atoms with Crippen LogP contribution in [-0.4, -0.2) is 43.5 Å². The Bertz CT molecular complexity index is 666. The SMILES string of the molecule is COC(=O)C1SCCN1S(=O)(=O)c1ccccc1C#N. The lowest BCUT2D eigenvalue weighted by Crippen LogP contribution is -2.40. The number of nitrogens with zero attached hydrogens (tertiary/aromatic N) is 2. The summed E-state index contributed by atoms with van der Waals surface area (Å²) in [6.45, 7) is 0.215. The molecule has 1 saturated heterocycles. The van der Waals surface area contributed by atoms with Gasteiger partial charge in [0.1, 0.15) is 11.0 Å². The lowest BCUT2D eigenvalue weighted by atomic mass is 10.2. The summed E-state index contributed by atoms with van der Waals surface area (Å²) in [7, 11) is -2.68. The van der Waals surface area contributed by atoms with Crippen LogP contribution in [0.3, 0.4) is 0 Å². The van der Waals surface area contributed by atoms with Crippen LogP contribution in [0.5, 0.6) is 0 Å². The number of nitriles is 1. The molecule has 0 amide bonds. The van der Waals surface area contributed by atoms with E-state index in [1.165, 1.54) is 31.0 Å². The van der Waals surface area contributed by atoms with Crippen LogP contribution in [0.1, 0.15) is 5.56 Å². The van der Waals surface area contributed by atoms with Gasteiger partial charge in [0.2, 0.25) is 10.0 Å². The molecule has 0 aliphatic carbocycles. The van der Waals surface area contributed by atoms with Gasteiger partial charge >= 0.3 is 5.97 Å². The maximum Gasteiger partial charge on any atom is 0.334 e. The first-order chi connectivity index (χ1) is 9.52. The summed E-state index contributed by atoms with van der Waals surface area (Å²) in [5, 5.41) is 8.12. The highest BCUT2D eigenvalue weighted by Gasteiger charge is 2.41. The molecule has 1 unspecified atom stereocenters. The molecule has 0 bridgehead atoms. The van der Waals surface area contributed by atoms with Crippen molar-refractivity contribution in [2.24, 2.45) is 0 Å². The van der Waals surface area contributed by atoms with Gasteiger partial charge in [-0.25, -0.2) is 13.2 Å². The second-order valence-electron chi connectivity index (χ2n) is 3.97. The van der Waals surface area contributed by atoms with Crippen molar-refractivity contribution in [3.05, 3.63) is 29.8 Å². The Hall–Kier alpha value is -1.56. The van der Waals surface area contributed by atoms with E-state index in [4.69, 9.17) is 5.26 Å². The maximum absolute atomic E-state index is 12.6. The Morgan fingerprint density at radius 3 is 2.85 bits per heavy atom. The van der Waals surface area contributed by atoms with Crippen molar-refractivity contribution < 1.29 is 17.9 Å². The minimum Gasteiger partial charge on any atom is -0.467 e. The van der Waals surface area contributed by atoms with Crippen LogP contribution in [0, 0.1) is 11.3 Å². The Morgan fingerprint density at radius 2 is 2.20 bits per heavy atom. The van der Waals surface area contributed by atoms with E-state index in [1.807, 2.05) is 6.07 Å². The molecule has 1 aromatic carbocycles. The molecule has 1 fully saturated rings. The van der Waals surface area contributed by atoms with Gasteiger partial charge in [0.15, 0.2) is 5.37 Å². The van der Waals surface area contributed by atoms with Gasteiger partial charge in [-0.2, -0.15) is 9.57 Å². The van der Waals surface area contributed by atoms with Gasteiger partial charge in [0, 0.05) is 12.3 Å². The van der Waals surface area contributed by atoms with Gasteiger partial charge in [-0.3, -0.25) is 0 Å². The number of methoxy groups -OCH3 is 1. The van der Waals surface area contributed by atoms with E-state index in [2.05, 4.69) is 4.74 Å². The number of ether oxygens (including phenoxy) is 1. The molecule has 0 saturated carbocycles. The van der Waals surface area contributed by atoms with Gasteiger partial charge in [0.05, 0.1) is 12.7 Å². The van der Waals surface area contributed by atoms with Crippen molar-refractivity contribution in [2.45, 2.75) is 10.3 Å². The van der Waals surface area contributed by atoms with Gasteiger partial charge in [0.25, 0.3) is 0 Å². The number of thioether (sulfide) groups is 1. The van der Waals surface area contributed by atoms with Crippen LogP contribution in [-0.2, 0) is 19.6 Å². The van der Waals surface area contributed by atoms with E-state index < -0.39 is 21.4 Å². The zero-order valence-corrected chi connectivity index (χ0v) is 12.3. The van der Waals surface area contributed by atoms with E-state index in [9.17, 15) is 13.2 Å². The quantitative estimate of drug-likeness (QED) is 0.767. The second-order valence-corrected chi connectivity index (χ2v) is 7.02. The Labute approximate surface area is 121 Å². The fourth-order valence-corrected chi connectivity index (χ4v) is 5.13. The molecule has 1 aliphatic rings. The molecule has 1 atom stereocenters. The number of benzene rings is 1. The van der Waals surface area contributed by atoms with Gasteiger partial charge in [-0.1, -0.05) is 12.1 Å². The lowest BCUT2D eigenvalue weighted by molar-refractivity contribution is -0.141. The Kier molecular flexibility index (Phi) is 4.32. The van der Waals surface area contributed by atoms with Crippen molar-refractivity contribution >= 4 is 27.8 Å². The van der Waals surface area contributed by atoms with Crippen molar-refractivity contribution in [2.75, 3.05) is 19.4 Å². The smallest absolute Gasteiger partial charge is 0.334 e. The summed E-state index contributed by atoms with van der Waals surface area (Å²) in [6.07, 6.45) is 0. The number of carbonyl (C=O) groups excluding carboxylic acids is 1. The molecular formula is C12H12N2O4S2. The highest BCUT2D eigenvalue weighted by Crippen LogP contribution is 2.31. The molecule has 1 heterocycles. The number of sulfonamides is 1. The molecule has 20 heavy (non-hydrogen) atoms. The fraction of sp³-hybridized carbons (Fsp3) is 0.333. The molecule has 0 spiro atoms. The summed E-state index contributed by atoms with van der Waals surface area (Å²) in [5.74, 6) is -0.0983. The number of esters is 1. The first-order valence-corrected chi connectivity index (χ1v) is 8.21. The van der Waals surface area contributed by atoms with Crippen LogP contribution in [0.2, 0.25) is 0 Å². The summed E-state index contributed by atoms with van der Waals surface area (Å²) >= 11 is 1.21. The molecule has 6 nitrogen and oxygen atoms in total. The van der Waals surface area contributed by atoms with Crippen molar-refractivity contribution in [3.63, 3.8) is 0 Å². The van der Waals surface area contributed by atoms with Crippen LogP contribution >= 0.6 is 11.8 Å². The predicted octanol–water partition coefficient (Wildman–Crippen LogP) is 0.795. The number of carbonyl (C=O) groups is 1. The topological polar surface area (TPSA) is 87.5 Å². The fourth-order valence-electron chi connectivity index (χ4n) is 1.90. The van der Waals surface area contributed by atoms with Crippen LogP contribution in [0.4, 0.5) is 0 Å². The Morgan fingerprint density at radius 1 is 1.50 bits per heavy atom. The zero-order valence-electron chi connectivity index (χ0n) is 10.6. The minimum atomic E-state index is -3.90. The monoisotopic (exact) mass is 312 g/mol. The number of rotatable bonds is 3. The van der Waals surface area contributed by atoms with E-state index in [0.717, 1.165) is 4.31 Å². The minimum absolute atomic E-state index is 0.0630. The molecule has 1 aliphatic heterocycles. The van der Waals surface area contributed by atoms with Crippen molar-refractivity contribution in [1.29, 1.82) is 5.26 Å². The molecule has 0 N–H and O–H groups in total. The average molecular weight is 312 g/mol. The van der Waals surface area contributed by atoms with Crippen molar-refractivity contribution in [3.8, 4) is 6.07 Å². The molecule has 2 rings (SSSR count). The summed E-state index contributed by atoms with van der Waals surface area (Å²) < 4.78 is 30.9. The van der Waals surface area contributed by atoms with E-state index >= 15 is 0 Å². The van der Waals surface area contributed by atoms with E-state index in [0.29, 0.717) is 5.75 Å².